The van der Waals surface area contributed by atoms with Gasteiger partial charge in [-0.25, -0.2) is 4.98 Å². The number of H-pyrrole nitrogens is 1. The highest BCUT2D eigenvalue weighted by atomic mass is 32.2. The van der Waals surface area contributed by atoms with Crippen LogP contribution in [0, 0.1) is 0 Å². The molecule has 1 aliphatic rings. The third-order valence-electron chi connectivity index (χ3n) is 2.39. The van der Waals surface area contributed by atoms with Crippen molar-refractivity contribution in [3.8, 4) is 11.5 Å². The van der Waals surface area contributed by atoms with Gasteiger partial charge in [-0.1, -0.05) is 0 Å². The molecule has 3 rings (SSSR count). The van der Waals surface area contributed by atoms with Crippen LogP contribution in [0.4, 0.5) is 5.69 Å². The van der Waals surface area contributed by atoms with E-state index >= 15 is 0 Å². The Morgan fingerprint density at radius 3 is 2.89 bits per heavy atom. The molecule has 0 atom stereocenters. The maximum atomic E-state index is 11.9. The Balaban J connectivity index is 1.89. The minimum Gasteiger partial charge on any atom is -0.454 e. The molecule has 18 heavy (non-hydrogen) atoms. The number of fused-ring (bicyclic) bond motifs is 1. The van der Waals surface area contributed by atoms with Gasteiger partial charge in [0, 0.05) is 6.07 Å². The molecular formula is C10H9N3O4S. The van der Waals surface area contributed by atoms with Gasteiger partial charge >= 0.3 is 0 Å². The van der Waals surface area contributed by atoms with E-state index in [9.17, 15) is 8.42 Å². The fourth-order valence-corrected chi connectivity index (χ4v) is 2.51. The van der Waals surface area contributed by atoms with Crippen LogP contribution in [0.15, 0.2) is 35.7 Å². The Kier molecular flexibility index (Phi) is 2.37. The summed E-state index contributed by atoms with van der Waals surface area (Å²) in [6.45, 7) is 0.145. The Labute approximate surface area is 103 Å². The molecule has 1 aliphatic heterocycles. The number of nitrogens with zero attached hydrogens (tertiary/aromatic N) is 1. The first-order valence-corrected chi connectivity index (χ1v) is 6.54. The molecule has 0 bridgehead atoms. The summed E-state index contributed by atoms with van der Waals surface area (Å²) in [6, 6.07) is 4.81. The van der Waals surface area contributed by atoms with E-state index in [-0.39, 0.29) is 11.8 Å². The average molecular weight is 267 g/mol. The second kappa shape index (κ2) is 3.91. The van der Waals surface area contributed by atoms with Gasteiger partial charge in [0.25, 0.3) is 10.0 Å². The quantitative estimate of drug-likeness (QED) is 0.863. The normalized spacial score (nSPS) is 13.6. The number of rotatable bonds is 3. The van der Waals surface area contributed by atoms with E-state index in [1.54, 1.807) is 18.2 Å². The fraction of sp³-hybridized carbons (Fsp3) is 0.100. The van der Waals surface area contributed by atoms with Gasteiger partial charge in [0.2, 0.25) is 6.79 Å². The van der Waals surface area contributed by atoms with Crippen LogP contribution in [0.25, 0.3) is 0 Å². The lowest BCUT2D eigenvalue weighted by molar-refractivity contribution is 0.174. The van der Waals surface area contributed by atoms with Gasteiger partial charge < -0.3 is 14.5 Å². The SMILES string of the molecule is O=S(=O)(Nc1ccc2c(c1)OCO2)c1cnc[nH]1. The van der Waals surface area contributed by atoms with Crippen LogP contribution >= 0.6 is 0 Å². The van der Waals surface area contributed by atoms with E-state index in [1.807, 2.05) is 0 Å². The van der Waals surface area contributed by atoms with Crippen LogP contribution in [0.2, 0.25) is 0 Å². The van der Waals surface area contributed by atoms with E-state index in [2.05, 4.69) is 14.7 Å². The molecule has 0 fully saturated rings. The highest BCUT2D eigenvalue weighted by Gasteiger charge is 2.18. The van der Waals surface area contributed by atoms with Gasteiger partial charge in [-0.2, -0.15) is 8.42 Å². The third-order valence-corrected chi connectivity index (χ3v) is 3.69. The topological polar surface area (TPSA) is 93.3 Å². The highest BCUT2D eigenvalue weighted by Crippen LogP contribution is 2.34. The Hall–Kier alpha value is -2.22. The Bertz CT molecular complexity index is 666. The molecule has 94 valence electrons. The fourth-order valence-electron chi connectivity index (χ4n) is 1.56. The van der Waals surface area contributed by atoms with Crippen molar-refractivity contribution >= 4 is 15.7 Å². The van der Waals surface area contributed by atoms with Crippen molar-refractivity contribution in [2.24, 2.45) is 0 Å². The number of sulfonamides is 1. The summed E-state index contributed by atoms with van der Waals surface area (Å²) in [5.41, 5.74) is 0.397. The third kappa shape index (κ3) is 1.86. The first-order chi connectivity index (χ1) is 8.65. The molecule has 2 aromatic rings. The molecule has 8 heteroatoms. The minimum absolute atomic E-state index is 0.000154. The zero-order valence-electron chi connectivity index (χ0n) is 9.08. The molecule has 0 radical (unpaired) electrons. The smallest absolute Gasteiger partial charge is 0.278 e. The number of aromatic amines is 1. The van der Waals surface area contributed by atoms with Gasteiger partial charge in [-0.3, -0.25) is 4.72 Å². The average Bonchev–Trinajstić information content (AvgIpc) is 2.99. The summed E-state index contributed by atoms with van der Waals surface area (Å²) in [4.78, 5) is 6.20. The lowest BCUT2D eigenvalue weighted by Gasteiger charge is -2.06. The molecule has 0 spiro atoms. The van der Waals surface area contributed by atoms with Crippen molar-refractivity contribution in [1.29, 1.82) is 0 Å². The first kappa shape index (κ1) is 10.9. The van der Waals surface area contributed by atoms with Crippen LogP contribution in [-0.4, -0.2) is 25.2 Å². The van der Waals surface area contributed by atoms with Gasteiger partial charge in [-0.05, 0) is 12.1 Å². The van der Waals surface area contributed by atoms with Crippen molar-refractivity contribution in [3.05, 3.63) is 30.7 Å². The molecule has 2 N–H and O–H groups in total. The molecule has 0 unspecified atom stereocenters. The van der Waals surface area contributed by atoms with Crippen LogP contribution in [-0.2, 0) is 10.0 Å². The number of benzene rings is 1. The minimum atomic E-state index is -3.65. The predicted molar refractivity (Wildman–Crippen MR) is 62.0 cm³/mol. The molecule has 0 amide bonds. The van der Waals surface area contributed by atoms with Crippen LogP contribution in [0.3, 0.4) is 0 Å². The maximum Gasteiger partial charge on any atom is 0.278 e. The lowest BCUT2D eigenvalue weighted by Crippen LogP contribution is -2.13. The van der Waals surface area contributed by atoms with E-state index in [0.717, 1.165) is 0 Å². The number of hydrogen-bond acceptors (Lipinski definition) is 5. The van der Waals surface area contributed by atoms with Crippen molar-refractivity contribution < 1.29 is 17.9 Å². The number of hydrogen-bond donors (Lipinski definition) is 2. The number of aromatic nitrogens is 2. The summed E-state index contributed by atoms with van der Waals surface area (Å²) in [7, 11) is -3.65. The standard InChI is InChI=1S/C10H9N3O4S/c14-18(15,10-4-11-5-12-10)13-7-1-2-8-9(3-7)17-6-16-8/h1-5,13H,6H2,(H,11,12). The van der Waals surface area contributed by atoms with Gasteiger partial charge in [0.15, 0.2) is 16.5 Å². The largest absolute Gasteiger partial charge is 0.454 e. The van der Waals surface area contributed by atoms with Gasteiger partial charge in [-0.15, -0.1) is 0 Å². The lowest BCUT2D eigenvalue weighted by atomic mass is 10.3. The van der Waals surface area contributed by atoms with Crippen LogP contribution in [0.1, 0.15) is 0 Å². The summed E-state index contributed by atoms with van der Waals surface area (Å²) in [6.07, 6.45) is 2.53. The van der Waals surface area contributed by atoms with Crippen LogP contribution < -0.4 is 14.2 Å². The van der Waals surface area contributed by atoms with E-state index in [0.29, 0.717) is 17.2 Å². The van der Waals surface area contributed by atoms with Crippen molar-refractivity contribution in [2.45, 2.75) is 5.03 Å². The molecule has 0 saturated heterocycles. The first-order valence-electron chi connectivity index (χ1n) is 5.06. The summed E-state index contributed by atoms with van der Waals surface area (Å²) >= 11 is 0. The summed E-state index contributed by atoms with van der Waals surface area (Å²) < 4.78 is 36.5. The zero-order valence-corrected chi connectivity index (χ0v) is 9.90. The number of imidazole rings is 1. The maximum absolute atomic E-state index is 11.9. The molecule has 1 aromatic carbocycles. The second-order valence-corrected chi connectivity index (χ2v) is 5.24. The molecule has 0 aliphatic carbocycles. The Morgan fingerprint density at radius 2 is 2.11 bits per heavy atom. The van der Waals surface area contributed by atoms with E-state index in [1.165, 1.54) is 12.5 Å². The Morgan fingerprint density at radius 1 is 1.28 bits per heavy atom. The number of ether oxygens (including phenoxy) is 2. The van der Waals surface area contributed by atoms with Crippen molar-refractivity contribution in [1.82, 2.24) is 9.97 Å². The van der Waals surface area contributed by atoms with E-state index in [4.69, 9.17) is 9.47 Å². The monoisotopic (exact) mass is 267 g/mol. The van der Waals surface area contributed by atoms with Gasteiger partial charge in [0.1, 0.15) is 0 Å². The van der Waals surface area contributed by atoms with Gasteiger partial charge in [0.05, 0.1) is 18.2 Å². The predicted octanol–water partition coefficient (Wildman–Crippen LogP) is 0.939. The van der Waals surface area contributed by atoms with Crippen molar-refractivity contribution in [3.63, 3.8) is 0 Å². The molecule has 7 nitrogen and oxygen atoms in total. The second-order valence-electron chi connectivity index (χ2n) is 3.59. The molecule has 2 heterocycles. The summed E-state index contributed by atoms with van der Waals surface area (Å²) in [5.74, 6) is 1.11. The zero-order chi connectivity index (χ0) is 12.6. The van der Waals surface area contributed by atoms with Crippen molar-refractivity contribution in [2.75, 3.05) is 11.5 Å². The van der Waals surface area contributed by atoms with Crippen LogP contribution in [0.5, 0.6) is 11.5 Å². The number of nitrogens with one attached hydrogen (secondary N) is 2. The molecule has 0 saturated carbocycles. The highest BCUT2D eigenvalue weighted by molar-refractivity contribution is 7.92. The van der Waals surface area contributed by atoms with E-state index < -0.39 is 10.0 Å². The molecular weight excluding hydrogens is 258 g/mol. The number of anilines is 1. The molecule has 1 aromatic heterocycles. The summed E-state index contributed by atoms with van der Waals surface area (Å²) in [5, 5.41) is 0.000154.